The average Bonchev–Trinajstić information content (AvgIpc) is 3.29. The summed E-state index contributed by atoms with van der Waals surface area (Å²) in [5.41, 5.74) is 7.07. The highest BCUT2D eigenvalue weighted by Crippen LogP contribution is 2.35. The number of nitrogens with one attached hydrogen (secondary N) is 1. The van der Waals surface area contributed by atoms with Crippen molar-refractivity contribution in [2.75, 3.05) is 0 Å². The standard InChI is InChI=1S/C27H20ClN3O2S2/c1-17-21(20-12-6-8-14-23(20)30(17)16-19-11-5-7-13-22(19)28)15-24-26(33)31(27(34)35-24)29-25(32)18-9-3-2-4-10-18/h2-15H,16H2,1H3,(H,29,32)/b24-15+. The van der Waals surface area contributed by atoms with Gasteiger partial charge in [-0.1, -0.05) is 78.0 Å². The summed E-state index contributed by atoms with van der Waals surface area (Å²) in [6.45, 7) is 2.63. The van der Waals surface area contributed by atoms with E-state index in [1.54, 1.807) is 24.3 Å². The fourth-order valence-corrected chi connectivity index (χ4v) is 5.45. The Morgan fingerprint density at radius 2 is 1.71 bits per heavy atom. The molecule has 0 bridgehead atoms. The van der Waals surface area contributed by atoms with Gasteiger partial charge in [-0.15, -0.1) is 0 Å². The number of halogens is 1. The summed E-state index contributed by atoms with van der Waals surface area (Å²) in [5.74, 6) is -0.748. The van der Waals surface area contributed by atoms with Crippen molar-refractivity contribution in [3.8, 4) is 0 Å². The van der Waals surface area contributed by atoms with Crippen LogP contribution in [0, 0.1) is 6.92 Å². The Bertz CT molecular complexity index is 1510. The Kier molecular flexibility index (Phi) is 6.47. The van der Waals surface area contributed by atoms with Crippen LogP contribution in [0.5, 0.6) is 0 Å². The number of hydrogen-bond acceptors (Lipinski definition) is 4. The van der Waals surface area contributed by atoms with Gasteiger partial charge in [0.2, 0.25) is 0 Å². The van der Waals surface area contributed by atoms with E-state index >= 15 is 0 Å². The van der Waals surface area contributed by atoms with E-state index in [2.05, 4.69) is 16.1 Å². The van der Waals surface area contributed by atoms with Gasteiger partial charge in [-0.2, -0.15) is 5.01 Å². The number of carbonyl (C=O) groups excluding carboxylic acids is 2. The third-order valence-corrected chi connectivity index (χ3v) is 7.56. The molecule has 35 heavy (non-hydrogen) atoms. The molecule has 0 unspecified atom stereocenters. The Morgan fingerprint density at radius 1 is 1.03 bits per heavy atom. The molecule has 5 rings (SSSR count). The van der Waals surface area contributed by atoms with Crippen molar-refractivity contribution in [2.45, 2.75) is 13.5 Å². The van der Waals surface area contributed by atoms with Gasteiger partial charge in [0.25, 0.3) is 11.8 Å². The van der Waals surface area contributed by atoms with E-state index in [0.717, 1.165) is 32.7 Å². The number of thiocarbonyl (C=S) groups is 1. The molecule has 1 fully saturated rings. The van der Waals surface area contributed by atoms with Crippen molar-refractivity contribution in [3.05, 3.63) is 111 Å². The van der Waals surface area contributed by atoms with Gasteiger partial charge in [-0.3, -0.25) is 15.0 Å². The molecule has 0 aliphatic carbocycles. The van der Waals surface area contributed by atoms with Crippen molar-refractivity contribution in [3.63, 3.8) is 0 Å². The normalized spacial score (nSPS) is 14.8. The Hall–Kier alpha value is -3.39. The van der Waals surface area contributed by atoms with Gasteiger partial charge in [0, 0.05) is 39.3 Å². The highest BCUT2D eigenvalue weighted by molar-refractivity contribution is 8.26. The molecule has 1 N–H and O–H groups in total. The van der Waals surface area contributed by atoms with E-state index in [-0.39, 0.29) is 10.2 Å². The number of carbonyl (C=O) groups is 2. The zero-order valence-corrected chi connectivity index (χ0v) is 21.1. The maximum absolute atomic E-state index is 13.2. The molecule has 0 saturated carbocycles. The minimum absolute atomic E-state index is 0.281. The van der Waals surface area contributed by atoms with E-state index in [0.29, 0.717) is 22.0 Å². The number of para-hydroxylation sites is 1. The molecule has 0 radical (unpaired) electrons. The lowest BCUT2D eigenvalue weighted by atomic mass is 10.1. The van der Waals surface area contributed by atoms with Crippen LogP contribution in [0.25, 0.3) is 17.0 Å². The van der Waals surface area contributed by atoms with E-state index in [9.17, 15) is 9.59 Å². The highest BCUT2D eigenvalue weighted by Gasteiger charge is 2.34. The van der Waals surface area contributed by atoms with Crippen LogP contribution in [-0.4, -0.2) is 25.7 Å². The van der Waals surface area contributed by atoms with Gasteiger partial charge in [0.15, 0.2) is 4.32 Å². The van der Waals surface area contributed by atoms with Crippen molar-refractivity contribution in [1.29, 1.82) is 0 Å². The Balaban J connectivity index is 1.49. The number of thioether (sulfide) groups is 1. The van der Waals surface area contributed by atoms with Crippen LogP contribution in [0.4, 0.5) is 0 Å². The van der Waals surface area contributed by atoms with Crippen LogP contribution in [0.2, 0.25) is 5.02 Å². The molecular weight excluding hydrogens is 498 g/mol. The summed E-state index contributed by atoms with van der Waals surface area (Å²) in [5, 5.41) is 2.87. The Morgan fingerprint density at radius 3 is 2.49 bits per heavy atom. The van der Waals surface area contributed by atoms with Gasteiger partial charge in [0.1, 0.15) is 0 Å². The fraction of sp³-hybridized carbons (Fsp3) is 0.0741. The number of amides is 2. The van der Waals surface area contributed by atoms with Gasteiger partial charge in [-0.05, 0) is 55.0 Å². The van der Waals surface area contributed by atoms with Crippen LogP contribution in [-0.2, 0) is 11.3 Å². The minimum Gasteiger partial charge on any atom is -0.340 e. The molecule has 2 amide bonds. The maximum Gasteiger partial charge on any atom is 0.285 e. The molecule has 1 aliphatic heterocycles. The lowest BCUT2D eigenvalue weighted by Gasteiger charge is -2.15. The molecule has 174 valence electrons. The van der Waals surface area contributed by atoms with Crippen molar-refractivity contribution in [1.82, 2.24) is 15.0 Å². The average molecular weight is 518 g/mol. The van der Waals surface area contributed by atoms with Crippen LogP contribution in [0.15, 0.2) is 83.8 Å². The molecule has 1 aliphatic rings. The van der Waals surface area contributed by atoms with Gasteiger partial charge >= 0.3 is 0 Å². The highest BCUT2D eigenvalue weighted by atomic mass is 35.5. The van der Waals surface area contributed by atoms with Gasteiger partial charge in [0.05, 0.1) is 4.91 Å². The summed E-state index contributed by atoms with van der Waals surface area (Å²) in [6, 6.07) is 24.6. The second-order valence-electron chi connectivity index (χ2n) is 8.02. The van der Waals surface area contributed by atoms with Crippen molar-refractivity contribution >= 4 is 68.7 Å². The van der Waals surface area contributed by atoms with Gasteiger partial charge in [-0.25, -0.2) is 0 Å². The number of benzene rings is 3. The summed E-state index contributed by atoms with van der Waals surface area (Å²) >= 11 is 13.0. The van der Waals surface area contributed by atoms with Gasteiger partial charge < -0.3 is 4.57 Å². The summed E-state index contributed by atoms with van der Waals surface area (Å²) < 4.78 is 2.48. The summed E-state index contributed by atoms with van der Waals surface area (Å²) in [6.07, 6.45) is 1.86. The first-order valence-corrected chi connectivity index (χ1v) is 12.5. The predicted molar refractivity (Wildman–Crippen MR) is 146 cm³/mol. The molecule has 2 heterocycles. The largest absolute Gasteiger partial charge is 0.340 e. The fourth-order valence-electron chi connectivity index (χ4n) is 4.09. The minimum atomic E-state index is -0.393. The molecule has 0 spiro atoms. The molecule has 8 heteroatoms. The second kappa shape index (κ2) is 9.70. The molecule has 3 aromatic carbocycles. The number of rotatable bonds is 5. The number of hydrogen-bond donors (Lipinski definition) is 1. The summed E-state index contributed by atoms with van der Waals surface area (Å²) in [7, 11) is 0. The van der Waals surface area contributed by atoms with Crippen LogP contribution in [0.3, 0.4) is 0 Å². The van der Waals surface area contributed by atoms with E-state index < -0.39 is 5.91 Å². The third kappa shape index (κ3) is 4.50. The smallest absolute Gasteiger partial charge is 0.285 e. The molecule has 5 nitrogen and oxygen atoms in total. The molecule has 1 aromatic heterocycles. The first-order valence-electron chi connectivity index (χ1n) is 10.9. The van der Waals surface area contributed by atoms with Crippen molar-refractivity contribution in [2.24, 2.45) is 0 Å². The number of aromatic nitrogens is 1. The van der Waals surface area contributed by atoms with Crippen LogP contribution >= 0.6 is 35.6 Å². The topological polar surface area (TPSA) is 54.3 Å². The third-order valence-electron chi connectivity index (χ3n) is 5.88. The number of hydrazine groups is 1. The van der Waals surface area contributed by atoms with Crippen LogP contribution in [0.1, 0.15) is 27.2 Å². The van der Waals surface area contributed by atoms with Crippen molar-refractivity contribution < 1.29 is 9.59 Å². The molecule has 0 atom stereocenters. The number of nitrogens with zero attached hydrogens (tertiary/aromatic N) is 2. The monoisotopic (exact) mass is 517 g/mol. The zero-order valence-electron chi connectivity index (χ0n) is 18.7. The van der Waals surface area contributed by atoms with E-state index in [1.807, 2.05) is 61.5 Å². The van der Waals surface area contributed by atoms with E-state index in [1.165, 1.54) is 11.8 Å². The SMILES string of the molecule is Cc1c(/C=C2/SC(=S)N(NC(=O)c3ccccc3)C2=O)c2ccccc2n1Cc1ccccc1Cl. The quantitative estimate of drug-likeness (QED) is 0.253. The van der Waals surface area contributed by atoms with E-state index in [4.69, 9.17) is 23.8 Å². The number of fused-ring (bicyclic) bond motifs is 1. The predicted octanol–water partition coefficient (Wildman–Crippen LogP) is 6.20. The molecular formula is C27H20ClN3O2S2. The first-order chi connectivity index (χ1) is 16.9. The first kappa shape index (κ1) is 23.4. The second-order valence-corrected chi connectivity index (χ2v) is 10.1. The molecule has 1 saturated heterocycles. The lowest BCUT2D eigenvalue weighted by Crippen LogP contribution is -2.44. The lowest BCUT2D eigenvalue weighted by molar-refractivity contribution is -0.123. The van der Waals surface area contributed by atoms with Crippen LogP contribution < -0.4 is 5.43 Å². The Labute approximate surface area is 217 Å². The maximum atomic E-state index is 13.2. The summed E-state index contributed by atoms with van der Waals surface area (Å²) in [4.78, 5) is 26.2. The zero-order chi connectivity index (χ0) is 24.5. The molecule has 4 aromatic rings.